The molecule has 10 heteroatoms. The molecule has 35 heavy (non-hydrogen) atoms. The smallest absolute Gasteiger partial charge is 0.173 e. The molecule has 0 radical (unpaired) electrons. The molecule has 3 aliphatic rings. The van der Waals surface area contributed by atoms with Crippen molar-refractivity contribution < 1.29 is 23.6 Å². The van der Waals surface area contributed by atoms with Crippen molar-refractivity contribution in [2.75, 3.05) is 76.5 Å². The first kappa shape index (κ1) is 23.7. The van der Waals surface area contributed by atoms with E-state index < -0.39 is 0 Å². The Balaban J connectivity index is 1.21. The van der Waals surface area contributed by atoms with Gasteiger partial charge in [-0.2, -0.15) is 4.89 Å². The molecule has 2 aromatic rings. The summed E-state index contributed by atoms with van der Waals surface area (Å²) in [5.74, 6) is 2.32. The van der Waals surface area contributed by atoms with Gasteiger partial charge >= 0.3 is 0 Å². The van der Waals surface area contributed by atoms with E-state index >= 15 is 0 Å². The molecule has 188 valence electrons. The second kappa shape index (κ2) is 10.7. The number of amidine groups is 1. The number of alkyl halides is 1. The number of nitrogens with one attached hydrogen (secondary N) is 2. The Morgan fingerprint density at radius 1 is 1.09 bits per heavy atom. The number of methoxy groups -OCH3 is 1. The molecular weight excluding hydrogens is 453 g/mol. The fourth-order valence-electron chi connectivity index (χ4n) is 4.78. The molecule has 3 aliphatic heterocycles. The van der Waals surface area contributed by atoms with Crippen LogP contribution in [-0.2, 0) is 11.5 Å². The molecule has 2 aromatic carbocycles. The zero-order valence-electron chi connectivity index (χ0n) is 20.0. The van der Waals surface area contributed by atoms with Gasteiger partial charge in [-0.15, -0.1) is 0 Å². The van der Waals surface area contributed by atoms with Crippen LogP contribution in [-0.4, -0.2) is 82.0 Å². The predicted molar refractivity (Wildman–Crippen MR) is 132 cm³/mol. The minimum absolute atomic E-state index is 0.277. The summed E-state index contributed by atoms with van der Waals surface area (Å²) < 4.78 is 24.2. The summed E-state index contributed by atoms with van der Waals surface area (Å²) in [5.41, 5.74) is 3.39. The number of rotatable bonds is 9. The summed E-state index contributed by atoms with van der Waals surface area (Å²) in [6, 6.07) is 9.49. The van der Waals surface area contributed by atoms with Gasteiger partial charge in [-0.3, -0.25) is 10.3 Å². The van der Waals surface area contributed by atoms with Gasteiger partial charge in [0.15, 0.2) is 17.2 Å². The molecule has 0 unspecified atom stereocenters. The van der Waals surface area contributed by atoms with Crippen LogP contribution in [0.2, 0.25) is 0 Å². The molecule has 0 amide bonds. The van der Waals surface area contributed by atoms with Crippen LogP contribution in [0.3, 0.4) is 0 Å². The first-order chi connectivity index (χ1) is 17.2. The molecular formula is C25H32FN5O4. The molecule has 0 aliphatic carbocycles. The lowest BCUT2D eigenvalue weighted by atomic mass is 10.1. The summed E-state index contributed by atoms with van der Waals surface area (Å²) in [5, 5.41) is 12.3. The Labute approximate surface area is 204 Å². The van der Waals surface area contributed by atoms with Crippen molar-refractivity contribution in [3.05, 3.63) is 41.5 Å². The lowest BCUT2D eigenvalue weighted by Crippen LogP contribution is -2.47. The number of ether oxygens (including phenoxy) is 2. The van der Waals surface area contributed by atoms with E-state index in [1.54, 1.807) is 7.11 Å². The highest BCUT2D eigenvalue weighted by atomic mass is 19.1. The standard InChI is InChI=1S/C25H32FN5O4/c1-32-23-14-18-20(15-24(23)33-13-3-7-29-9-11-30(8-6-26)12-10-29)28-17-31(25(18)27)21-4-2-5-22-19(21)16-34-35-22/h2,4-5,14-15,27-28H,3,6-13,16-17H2,1H3. The van der Waals surface area contributed by atoms with Crippen LogP contribution in [0.15, 0.2) is 30.3 Å². The van der Waals surface area contributed by atoms with Gasteiger partial charge < -0.3 is 29.5 Å². The number of hydrogen-bond donors (Lipinski definition) is 2. The summed E-state index contributed by atoms with van der Waals surface area (Å²) in [6.45, 7) is 6.35. The quantitative estimate of drug-likeness (QED) is 0.414. The first-order valence-corrected chi connectivity index (χ1v) is 12.0. The van der Waals surface area contributed by atoms with Crippen molar-refractivity contribution in [3.63, 3.8) is 0 Å². The molecule has 0 aromatic heterocycles. The van der Waals surface area contributed by atoms with E-state index in [4.69, 9.17) is 24.7 Å². The fourth-order valence-corrected chi connectivity index (χ4v) is 4.78. The molecule has 3 heterocycles. The second-order valence-corrected chi connectivity index (χ2v) is 8.83. The topological polar surface area (TPSA) is 82.5 Å². The predicted octanol–water partition coefficient (Wildman–Crippen LogP) is 3.09. The maximum absolute atomic E-state index is 12.5. The molecule has 1 saturated heterocycles. The summed E-state index contributed by atoms with van der Waals surface area (Å²) in [4.78, 5) is 16.8. The minimum Gasteiger partial charge on any atom is -0.493 e. The van der Waals surface area contributed by atoms with Crippen molar-refractivity contribution in [1.82, 2.24) is 9.80 Å². The molecule has 9 nitrogen and oxygen atoms in total. The monoisotopic (exact) mass is 485 g/mol. The highest BCUT2D eigenvalue weighted by Gasteiger charge is 2.29. The van der Waals surface area contributed by atoms with Gasteiger partial charge in [-0.25, -0.2) is 4.39 Å². The van der Waals surface area contributed by atoms with E-state index in [2.05, 4.69) is 15.1 Å². The summed E-state index contributed by atoms with van der Waals surface area (Å²) in [7, 11) is 1.61. The van der Waals surface area contributed by atoms with Gasteiger partial charge in [0.05, 0.1) is 37.3 Å². The van der Waals surface area contributed by atoms with Gasteiger partial charge in [0.1, 0.15) is 19.1 Å². The molecule has 5 rings (SSSR count). The van der Waals surface area contributed by atoms with E-state index in [0.717, 1.165) is 61.6 Å². The maximum atomic E-state index is 12.5. The first-order valence-electron chi connectivity index (χ1n) is 12.0. The molecule has 0 bridgehead atoms. The number of piperazine rings is 1. The van der Waals surface area contributed by atoms with Crippen molar-refractivity contribution >= 4 is 17.2 Å². The van der Waals surface area contributed by atoms with Gasteiger partial charge in [0.25, 0.3) is 0 Å². The molecule has 0 saturated carbocycles. The molecule has 0 atom stereocenters. The Morgan fingerprint density at radius 3 is 2.66 bits per heavy atom. The number of benzene rings is 2. The van der Waals surface area contributed by atoms with E-state index in [-0.39, 0.29) is 6.67 Å². The van der Waals surface area contributed by atoms with Crippen molar-refractivity contribution in [2.45, 2.75) is 13.0 Å². The Kier molecular flexibility index (Phi) is 7.21. The van der Waals surface area contributed by atoms with Crippen LogP contribution in [0.5, 0.6) is 17.2 Å². The van der Waals surface area contributed by atoms with Gasteiger partial charge in [-0.1, -0.05) is 6.07 Å². The third-order valence-electron chi connectivity index (χ3n) is 6.75. The number of anilines is 2. The van der Waals surface area contributed by atoms with Crippen LogP contribution in [0, 0.1) is 5.41 Å². The Morgan fingerprint density at radius 2 is 1.89 bits per heavy atom. The molecule has 0 spiro atoms. The zero-order valence-corrected chi connectivity index (χ0v) is 20.0. The van der Waals surface area contributed by atoms with Crippen molar-refractivity contribution in [1.29, 1.82) is 5.41 Å². The number of hydrogen-bond acceptors (Lipinski definition) is 8. The zero-order chi connectivity index (χ0) is 24.2. The van der Waals surface area contributed by atoms with E-state index in [1.165, 1.54) is 0 Å². The normalized spacial score (nSPS) is 18.0. The third-order valence-corrected chi connectivity index (χ3v) is 6.75. The number of halogens is 1. The second-order valence-electron chi connectivity index (χ2n) is 8.83. The maximum Gasteiger partial charge on any atom is 0.173 e. The largest absolute Gasteiger partial charge is 0.493 e. The van der Waals surface area contributed by atoms with Crippen LogP contribution >= 0.6 is 0 Å². The lowest BCUT2D eigenvalue weighted by molar-refractivity contribution is -0.194. The van der Waals surface area contributed by atoms with Crippen LogP contribution in [0.1, 0.15) is 17.5 Å². The van der Waals surface area contributed by atoms with E-state index in [1.807, 2.05) is 35.2 Å². The highest BCUT2D eigenvalue weighted by Crippen LogP contribution is 2.39. The van der Waals surface area contributed by atoms with Crippen LogP contribution < -0.4 is 24.6 Å². The summed E-state index contributed by atoms with van der Waals surface area (Å²) >= 11 is 0. The van der Waals surface area contributed by atoms with E-state index in [0.29, 0.717) is 49.5 Å². The van der Waals surface area contributed by atoms with Gasteiger partial charge in [-0.05, 0) is 24.6 Å². The Bertz CT molecular complexity index is 1060. The lowest BCUT2D eigenvalue weighted by Gasteiger charge is -2.34. The van der Waals surface area contributed by atoms with Crippen molar-refractivity contribution in [2.24, 2.45) is 0 Å². The van der Waals surface area contributed by atoms with Crippen molar-refractivity contribution in [3.8, 4) is 17.2 Å². The number of nitrogens with zero attached hydrogens (tertiary/aromatic N) is 3. The van der Waals surface area contributed by atoms with Crippen LogP contribution in [0.4, 0.5) is 15.8 Å². The minimum atomic E-state index is -0.277. The molecule has 1 fully saturated rings. The van der Waals surface area contributed by atoms with Crippen LogP contribution in [0.25, 0.3) is 0 Å². The highest BCUT2D eigenvalue weighted by molar-refractivity contribution is 6.14. The Hall–Kier alpha value is -3.08. The van der Waals surface area contributed by atoms with E-state index in [9.17, 15) is 4.39 Å². The third kappa shape index (κ3) is 5.00. The average Bonchev–Trinajstić information content (AvgIpc) is 3.37. The fraction of sp³-hybridized carbons (Fsp3) is 0.480. The molecule has 2 N–H and O–H groups in total. The average molecular weight is 486 g/mol. The van der Waals surface area contributed by atoms with Gasteiger partial charge in [0.2, 0.25) is 0 Å². The number of fused-ring (bicyclic) bond motifs is 2. The SMILES string of the molecule is COc1cc2c(cc1OCCCN1CCN(CCF)CC1)NCN(c1cccc3c1COO3)C2=N. The summed E-state index contributed by atoms with van der Waals surface area (Å²) in [6.07, 6.45) is 0.892. The van der Waals surface area contributed by atoms with Gasteiger partial charge in [0, 0.05) is 50.9 Å².